The third kappa shape index (κ3) is 4.99. The van der Waals surface area contributed by atoms with Crippen LogP contribution in [0.3, 0.4) is 0 Å². The number of fused-ring (bicyclic) bond motifs is 1. The summed E-state index contributed by atoms with van der Waals surface area (Å²) >= 11 is 0. The first-order valence-electron chi connectivity index (χ1n) is 12.4. The van der Waals surface area contributed by atoms with Crippen molar-refractivity contribution in [3.63, 3.8) is 0 Å². The summed E-state index contributed by atoms with van der Waals surface area (Å²) in [5.74, 6) is 1.79. The monoisotopic (exact) mass is 476 g/mol. The fraction of sp³-hybridized carbons (Fsp3) is 0.536. The first-order valence-corrected chi connectivity index (χ1v) is 12.4. The predicted molar refractivity (Wildman–Crippen MR) is 136 cm³/mol. The molecule has 2 aromatic rings. The minimum atomic E-state index is -0.317. The molecule has 35 heavy (non-hydrogen) atoms. The van der Waals surface area contributed by atoms with Gasteiger partial charge in [0, 0.05) is 43.2 Å². The number of aromatic nitrogens is 1. The number of carbonyl (C=O) groups is 1. The molecule has 1 fully saturated rings. The van der Waals surface area contributed by atoms with Crippen LogP contribution < -0.4 is 9.64 Å². The minimum Gasteiger partial charge on any atom is -0.496 e. The number of para-hydroxylation sites is 1. The second-order valence-electron chi connectivity index (χ2n) is 10.5. The van der Waals surface area contributed by atoms with Gasteiger partial charge in [0.2, 0.25) is 5.91 Å². The molecule has 1 aromatic heterocycles. The van der Waals surface area contributed by atoms with Gasteiger partial charge in [-0.1, -0.05) is 32.0 Å². The molecule has 2 aliphatic rings. The maximum atomic E-state index is 13.2. The number of carbonyl (C=O) groups excluding carboxylic acids is 1. The summed E-state index contributed by atoms with van der Waals surface area (Å²) in [6.07, 6.45) is 0.995. The molecular formula is C28H36N4O3. The molecule has 186 valence electrons. The number of hydrogen-bond acceptors (Lipinski definition) is 6. The Labute approximate surface area is 208 Å². The maximum absolute atomic E-state index is 13.2. The first-order chi connectivity index (χ1) is 16.6. The van der Waals surface area contributed by atoms with Gasteiger partial charge in [-0.3, -0.25) is 4.79 Å². The smallest absolute Gasteiger partial charge is 0.227 e. The lowest BCUT2D eigenvalue weighted by molar-refractivity contribution is -0.132. The number of methoxy groups -OCH3 is 1. The zero-order valence-corrected chi connectivity index (χ0v) is 21.7. The molecule has 2 aliphatic heterocycles. The maximum Gasteiger partial charge on any atom is 0.227 e. The van der Waals surface area contributed by atoms with Gasteiger partial charge < -0.3 is 19.3 Å². The average Bonchev–Trinajstić information content (AvgIpc) is 2.82. The van der Waals surface area contributed by atoms with Crippen LogP contribution in [0.5, 0.6) is 5.75 Å². The first kappa shape index (κ1) is 25.0. The van der Waals surface area contributed by atoms with Crippen LogP contribution >= 0.6 is 0 Å². The molecule has 1 aromatic carbocycles. The van der Waals surface area contributed by atoms with Crippen LogP contribution in [0.1, 0.15) is 68.5 Å². The van der Waals surface area contributed by atoms with E-state index < -0.39 is 0 Å². The number of rotatable bonds is 5. The lowest BCUT2D eigenvalue weighted by atomic mass is 9.86. The second-order valence-corrected chi connectivity index (χ2v) is 10.5. The van der Waals surface area contributed by atoms with Gasteiger partial charge in [0.05, 0.1) is 37.0 Å². The molecule has 3 heterocycles. The van der Waals surface area contributed by atoms with Gasteiger partial charge in [-0.15, -0.1) is 0 Å². The molecule has 0 saturated carbocycles. The van der Waals surface area contributed by atoms with E-state index in [0.29, 0.717) is 44.6 Å². The van der Waals surface area contributed by atoms with Crippen molar-refractivity contribution in [3.8, 4) is 11.8 Å². The highest BCUT2D eigenvalue weighted by molar-refractivity contribution is 5.80. The van der Waals surface area contributed by atoms with Crippen molar-refractivity contribution in [1.82, 2.24) is 9.88 Å². The SMILES string of the molecule is COc1ccccc1CC(=O)N1CCN(c2nc(C(C)C)c3c(c2C#N)CC(C)(C)OC3)CC1C. The molecule has 1 amide bonds. The molecular weight excluding hydrogens is 440 g/mol. The van der Waals surface area contributed by atoms with E-state index in [0.717, 1.165) is 34.0 Å². The van der Waals surface area contributed by atoms with Crippen molar-refractivity contribution >= 4 is 11.7 Å². The molecule has 1 atom stereocenters. The standard InChI is InChI=1S/C28H36N4O3/c1-18(2)26-23-17-35-28(4,5)14-21(23)22(15-29)27(30-26)31-11-12-32(19(3)16-31)25(33)13-20-9-7-8-10-24(20)34-6/h7-10,18-19H,11-14,16-17H2,1-6H3. The van der Waals surface area contributed by atoms with Crippen LogP contribution in [0.4, 0.5) is 5.82 Å². The highest BCUT2D eigenvalue weighted by Gasteiger charge is 2.35. The van der Waals surface area contributed by atoms with Crippen molar-refractivity contribution in [1.29, 1.82) is 5.26 Å². The van der Waals surface area contributed by atoms with Crippen molar-refractivity contribution < 1.29 is 14.3 Å². The van der Waals surface area contributed by atoms with E-state index >= 15 is 0 Å². The molecule has 0 radical (unpaired) electrons. The van der Waals surface area contributed by atoms with Crippen molar-refractivity contribution in [2.24, 2.45) is 0 Å². The lowest BCUT2D eigenvalue weighted by Gasteiger charge is -2.42. The number of benzene rings is 1. The fourth-order valence-corrected chi connectivity index (χ4v) is 5.24. The van der Waals surface area contributed by atoms with E-state index in [1.54, 1.807) is 7.11 Å². The number of hydrogen-bond donors (Lipinski definition) is 0. The highest BCUT2D eigenvalue weighted by Crippen LogP contribution is 2.38. The van der Waals surface area contributed by atoms with E-state index in [-0.39, 0.29) is 23.5 Å². The number of ether oxygens (including phenoxy) is 2. The average molecular weight is 477 g/mol. The van der Waals surface area contributed by atoms with E-state index in [1.165, 1.54) is 0 Å². The van der Waals surface area contributed by atoms with Crippen LogP contribution in [0.2, 0.25) is 0 Å². The van der Waals surface area contributed by atoms with Gasteiger partial charge in [0.25, 0.3) is 0 Å². The summed E-state index contributed by atoms with van der Waals surface area (Å²) in [6, 6.07) is 10.1. The quantitative estimate of drug-likeness (QED) is 0.643. The predicted octanol–water partition coefficient (Wildman–Crippen LogP) is 4.22. The number of piperazine rings is 1. The summed E-state index contributed by atoms with van der Waals surface area (Å²) in [4.78, 5) is 22.3. The number of pyridine rings is 1. The van der Waals surface area contributed by atoms with Gasteiger partial charge >= 0.3 is 0 Å². The third-order valence-corrected chi connectivity index (χ3v) is 7.08. The van der Waals surface area contributed by atoms with Crippen LogP contribution in [-0.4, -0.2) is 54.2 Å². The molecule has 4 rings (SSSR count). The lowest BCUT2D eigenvalue weighted by Crippen LogP contribution is -2.55. The summed E-state index contributed by atoms with van der Waals surface area (Å²) in [5, 5.41) is 10.2. The summed E-state index contributed by atoms with van der Waals surface area (Å²) in [5.41, 5.74) is 4.37. The van der Waals surface area contributed by atoms with Crippen LogP contribution in [0.25, 0.3) is 0 Å². The Morgan fingerprint density at radius 3 is 2.69 bits per heavy atom. The Kier molecular flexibility index (Phi) is 7.05. The minimum absolute atomic E-state index is 0.00222. The molecule has 0 N–H and O–H groups in total. The Balaban J connectivity index is 1.59. The third-order valence-electron chi connectivity index (χ3n) is 7.08. The van der Waals surface area contributed by atoms with Crippen molar-refractivity contribution in [2.45, 2.75) is 71.6 Å². The molecule has 0 bridgehead atoms. The Morgan fingerprint density at radius 1 is 1.29 bits per heavy atom. The Bertz CT molecular complexity index is 1150. The van der Waals surface area contributed by atoms with Crippen molar-refractivity contribution in [3.05, 3.63) is 52.2 Å². The largest absolute Gasteiger partial charge is 0.496 e. The fourth-order valence-electron chi connectivity index (χ4n) is 5.24. The zero-order chi connectivity index (χ0) is 25.3. The van der Waals surface area contributed by atoms with E-state index in [2.05, 4.69) is 45.6 Å². The van der Waals surface area contributed by atoms with Crippen LogP contribution in [0.15, 0.2) is 24.3 Å². The molecule has 1 unspecified atom stereocenters. The summed E-state index contributed by atoms with van der Waals surface area (Å²) in [7, 11) is 1.63. The van der Waals surface area contributed by atoms with E-state index in [1.807, 2.05) is 29.2 Å². The second kappa shape index (κ2) is 9.87. The molecule has 7 heteroatoms. The Hall–Kier alpha value is -3.11. The number of amides is 1. The highest BCUT2D eigenvalue weighted by atomic mass is 16.5. The van der Waals surface area contributed by atoms with E-state index in [9.17, 15) is 10.1 Å². The number of nitrogens with zero attached hydrogens (tertiary/aromatic N) is 4. The molecule has 7 nitrogen and oxygen atoms in total. The van der Waals surface area contributed by atoms with Gasteiger partial charge in [-0.05, 0) is 38.3 Å². The van der Waals surface area contributed by atoms with Gasteiger partial charge in [-0.25, -0.2) is 4.98 Å². The number of anilines is 1. The van der Waals surface area contributed by atoms with Gasteiger partial charge in [-0.2, -0.15) is 5.26 Å². The molecule has 0 aliphatic carbocycles. The normalized spacial score (nSPS) is 19.3. The van der Waals surface area contributed by atoms with Crippen molar-refractivity contribution in [2.75, 3.05) is 31.6 Å². The zero-order valence-electron chi connectivity index (χ0n) is 21.7. The van der Waals surface area contributed by atoms with Crippen LogP contribution in [-0.2, 0) is 29.0 Å². The van der Waals surface area contributed by atoms with Gasteiger partial charge in [0.15, 0.2) is 0 Å². The molecule has 0 spiro atoms. The number of nitriles is 1. The topological polar surface area (TPSA) is 78.7 Å². The van der Waals surface area contributed by atoms with E-state index in [4.69, 9.17) is 14.5 Å². The molecule has 1 saturated heterocycles. The van der Waals surface area contributed by atoms with Crippen LogP contribution in [0, 0.1) is 11.3 Å². The summed E-state index contributed by atoms with van der Waals surface area (Å²) < 4.78 is 11.5. The summed E-state index contributed by atoms with van der Waals surface area (Å²) in [6.45, 7) is 12.8. The Morgan fingerprint density at radius 2 is 2.03 bits per heavy atom. The van der Waals surface area contributed by atoms with Gasteiger partial charge in [0.1, 0.15) is 17.6 Å².